The van der Waals surface area contributed by atoms with Gasteiger partial charge in [0.15, 0.2) is 0 Å². The highest BCUT2D eigenvalue weighted by Crippen LogP contribution is 2.25. The van der Waals surface area contributed by atoms with Crippen molar-refractivity contribution in [1.29, 1.82) is 0 Å². The Balaban J connectivity index is 2.63. The lowest BCUT2D eigenvalue weighted by Crippen LogP contribution is -2.19. The van der Waals surface area contributed by atoms with Crippen LogP contribution in [0.1, 0.15) is 18.4 Å². The van der Waals surface area contributed by atoms with Crippen molar-refractivity contribution in [1.82, 2.24) is 9.72 Å². The molecule has 2 heterocycles. The van der Waals surface area contributed by atoms with Crippen molar-refractivity contribution in [2.24, 2.45) is 4.99 Å². The highest BCUT2D eigenvalue weighted by atomic mass is 16.5. The molecule has 4 heteroatoms. The van der Waals surface area contributed by atoms with Gasteiger partial charge in [-0.15, -0.1) is 0 Å². The van der Waals surface area contributed by atoms with Crippen LogP contribution in [0, 0.1) is 13.8 Å². The first-order valence-corrected chi connectivity index (χ1v) is 5.74. The average molecular weight is 231 g/mol. The Morgan fingerprint density at radius 2 is 2.18 bits per heavy atom. The van der Waals surface area contributed by atoms with Crippen molar-refractivity contribution in [2.75, 3.05) is 7.05 Å². The predicted molar refractivity (Wildman–Crippen MR) is 66.6 cm³/mol. The number of aromatic nitrogens is 2. The van der Waals surface area contributed by atoms with E-state index < -0.39 is 0 Å². The zero-order valence-corrected chi connectivity index (χ0v) is 10.7. The van der Waals surface area contributed by atoms with Crippen LogP contribution in [0.3, 0.4) is 0 Å². The Bertz CT molecular complexity index is 573. The van der Waals surface area contributed by atoms with Crippen LogP contribution in [0.25, 0.3) is 11.1 Å². The maximum Gasteiger partial charge on any atom is 0.141 e. The van der Waals surface area contributed by atoms with Gasteiger partial charge < -0.3 is 9.09 Å². The fraction of sp³-hybridized carbons (Fsp3) is 0.385. The lowest BCUT2D eigenvalue weighted by molar-refractivity contribution is 0.393. The molecule has 0 spiro atoms. The Kier molecular flexibility index (Phi) is 3.13. The lowest BCUT2D eigenvalue weighted by atomic mass is 10.1. The van der Waals surface area contributed by atoms with E-state index in [1.807, 2.05) is 20.0 Å². The van der Waals surface area contributed by atoms with Crippen LogP contribution in [-0.2, 0) is 6.54 Å². The summed E-state index contributed by atoms with van der Waals surface area (Å²) < 4.78 is 7.29. The van der Waals surface area contributed by atoms with E-state index in [-0.39, 0.29) is 0 Å². The molecule has 0 aliphatic heterocycles. The van der Waals surface area contributed by atoms with E-state index in [0.29, 0.717) is 0 Å². The van der Waals surface area contributed by atoms with E-state index >= 15 is 0 Å². The molecule has 2 aromatic rings. The second-order valence-electron chi connectivity index (χ2n) is 3.98. The van der Waals surface area contributed by atoms with E-state index in [2.05, 4.69) is 33.8 Å². The number of hydrogen-bond acceptors (Lipinski definition) is 3. The van der Waals surface area contributed by atoms with Crippen LogP contribution < -0.4 is 5.49 Å². The van der Waals surface area contributed by atoms with Gasteiger partial charge in [-0.3, -0.25) is 4.99 Å². The van der Waals surface area contributed by atoms with Crippen LogP contribution in [0.5, 0.6) is 0 Å². The topological polar surface area (TPSA) is 43.3 Å². The number of hydrogen-bond donors (Lipinski definition) is 0. The molecular weight excluding hydrogens is 214 g/mol. The third kappa shape index (κ3) is 2.02. The fourth-order valence-electron chi connectivity index (χ4n) is 2.03. The molecular formula is C13H17N3O. The standard InChI is InChI=1S/C13H17N3O/c1-5-16-7-6-11(8-12(16)14-4)13-9(2)15-17-10(13)3/h6-8H,5H2,1-4H3. The highest BCUT2D eigenvalue weighted by Gasteiger charge is 2.11. The summed E-state index contributed by atoms with van der Waals surface area (Å²) in [4.78, 5) is 4.28. The summed E-state index contributed by atoms with van der Waals surface area (Å²) in [5, 5.41) is 3.98. The minimum atomic E-state index is 0.846. The van der Waals surface area contributed by atoms with E-state index in [4.69, 9.17) is 4.52 Å². The molecule has 4 nitrogen and oxygen atoms in total. The van der Waals surface area contributed by atoms with Crippen LogP contribution in [0.2, 0.25) is 0 Å². The van der Waals surface area contributed by atoms with Crippen LogP contribution >= 0.6 is 0 Å². The third-order valence-corrected chi connectivity index (χ3v) is 2.90. The van der Waals surface area contributed by atoms with Crippen LogP contribution in [0.4, 0.5) is 0 Å². The van der Waals surface area contributed by atoms with E-state index in [1.165, 1.54) is 0 Å². The van der Waals surface area contributed by atoms with Gasteiger partial charge in [0, 0.05) is 25.4 Å². The summed E-state index contributed by atoms with van der Waals surface area (Å²) in [5.41, 5.74) is 4.05. The molecule has 2 rings (SSSR count). The molecule has 0 saturated heterocycles. The normalized spacial score (nSPS) is 12.1. The van der Waals surface area contributed by atoms with Crippen molar-refractivity contribution < 1.29 is 4.52 Å². The van der Waals surface area contributed by atoms with Gasteiger partial charge in [0.05, 0.1) is 5.69 Å². The first-order valence-electron chi connectivity index (χ1n) is 5.74. The number of rotatable bonds is 2. The third-order valence-electron chi connectivity index (χ3n) is 2.90. The number of pyridine rings is 1. The molecule has 0 unspecified atom stereocenters. The Hall–Kier alpha value is -1.84. The van der Waals surface area contributed by atoms with Gasteiger partial charge in [-0.05, 0) is 38.5 Å². The van der Waals surface area contributed by atoms with Gasteiger partial charge >= 0.3 is 0 Å². The summed E-state index contributed by atoms with van der Waals surface area (Å²) in [5.74, 6) is 0.846. The number of aryl methyl sites for hydroxylation is 3. The largest absolute Gasteiger partial charge is 0.361 e. The summed E-state index contributed by atoms with van der Waals surface area (Å²) in [7, 11) is 1.80. The summed E-state index contributed by atoms with van der Waals surface area (Å²) in [6, 6.07) is 4.14. The van der Waals surface area contributed by atoms with Crippen molar-refractivity contribution in [3.63, 3.8) is 0 Å². The molecule has 0 radical (unpaired) electrons. The molecule has 0 bridgehead atoms. The SMILES string of the molecule is CCn1ccc(-c2c(C)noc2C)cc1=NC. The molecule has 0 aromatic carbocycles. The van der Waals surface area contributed by atoms with E-state index in [1.54, 1.807) is 7.05 Å². The van der Waals surface area contributed by atoms with Gasteiger partial charge in [0.1, 0.15) is 11.2 Å². The Morgan fingerprint density at radius 3 is 2.71 bits per heavy atom. The first kappa shape index (κ1) is 11.6. The van der Waals surface area contributed by atoms with Gasteiger partial charge in [0.2, 0.25) is 0 Å². The maximum atomic E-state index is 5.19. The Morgan fingerprint density at radius 1 is 1.41 bits per heavy atom. The van der Waals surface area contributed by atoms with Gasteiger partial charge in [-0.25, -0.2) is 0 Å². The number of nitrogens with zero attached hydrogens (tertiary/aromatic N) is 3. The summed E-state index contributed by atoms with van der Waals surface area (Å²) >= 11 is 0. The molecule has 17 heavy (non-hydrogen) atoms. The molecule has 0 fully saturated rings. The molecule has 0 aliphatic carbocycles. The minimum Gasteiger partial charge on any atom is -0.361 e. The molecule has 2 aromatic heterocycles. The quantitative estimate of drug-likeness (QED) is 0.796. The smallest absolute Gasteiger partial charge is 0.141 e. The lowest BCUT2D eigenvalue weighted by Gasteiger charge is -2.06. The molecule has 90 valence electrons. The summed E-state index contributed by atoms with van der Waals surface area (Å²) in [6.07, 6.45) is 2.05. The second-order valence-corrected chi connectivity index (χ2v) is 3.98. The summed E-state index contributed by atoms with van der Waals surface area (Å²) in [6.45, 7) is 6.90. The van der Waals surface area contributed by atoms with Crippen molar-refractivity contribution in [3.8, 4) is 11.1 Å². The van der Waals surface area contributed by atoms with Crippen molar-refractivity contribution in [3.05, 3.63) is 35.3 Å². The zero-order valence-electron chi connectivity index (χ0n) is 10.7. The van der Waals surface area contributed by atoms with Crippen molar-refractivity contribution >= 4 is 0 Å². The van der Waals surface area contributed by atoms with Crippen molar-refractivity contribution in [2.45, 2.75) is 27.3 Å². The van der Waals surface area contributed by atoms with Crippen LogP contribution in [0.15, 0.2) is 27.8 Å². The monoisotopic (exact) mass is 231 g/mol. The molecule has 0 aliphatic rings. The average Bonchev–Trinajstić information content (AvgIpc) is 2.68. The molecule has 0 N–H and O–H groups in total. The van der Waals surface area contributed by atoms with Gasteiger partial charge in [-0.1, -0.05) is 5.16 Å². The van der Waals surface area contributed by atoms with Gasteiger partial charge in [-0.2, -0.15) is 0 Å². The van der Waals surface area contributed by atoms with E-state index in [9.17, 15) is 0 Å². The molecule has 0 saturated carbocycles. The first-order chi connectivity index (χ1) is 8.17. The molecule has 0 atom stereocenters. The zero-order chi connectivity index (χ0) is 12.4. The van der Waals surface area contributed by atoms with Gasteiger partial charge in [0.25, 0.3) is 0 Å². The fourth-order valence-corrected chi connectivity index (χ4v) is 2.03. The maximum absolute atomic E-state index is 5.19. The minimum absolute atomic E-state index is 0.846. The Labute approximate surface area is 101 Å². The van der Waals surface area contributed by atoms with E-state index in [0.717, 1.165) is 34.6 Å². The highest BCUT2D eigenvalue weighted by molar-refractivity contribution is 5.66. The predicted octanol–water partition coefficient (Wildman–Crippen LogP) is 2.31. The second kappa shape index (κ2) is 4.57. The van der Waals surface area contributed by atoms with Crippen LogP contribution in [-0.4, -0.2) is 16.8 Å². The molecule has 0 amide bonds.